The Balaban J connectivity index is 1.02. The zero-order valence-electron chi connectivity index (χ0n) is 21.5. The third-order valence-corrected chi connectivity index (χ3v) is 8.46. The third-order valence-electron chi connectivity index (χ3n) is 8.27. The van der Waals surface area contributed by atoms with E-state index in [2.05, 4.69) is 14.9 Å². The number of anilines is 1. The molecule has 9 heteroatoms. The number of amides is 1. The summed E-state index contributed by atoms with van der Waals surface area (Å²) in [6.45, 7) is 3.88. The minimum atomic E-state index is -0.382. The van der Waals surface area contributed by atoms with E-state index in [-0.39, 0.29) is 24.2 Å². The number of piperidine rings is 1. The van der Waals surface area contributed by atoms with Gasteiger partial charge in [0.1, 0.15) is 11.6 Å². The Kier molecular flexibility index (Phi) is 8.45. The molecule has 1 unspecified atom stereocenters. The van der Waals surface area contributed by atoms with Crippen molar-refractivity contribution in [2.75, 3.05) is 44.9 Å². The predicted octanol–water partition coefficient (Wildman–Crippen LogP) is 4.77. The average Bonchev–Trinajstić information content (AvgIpc) is 3.70. The van der Waals surface area contributed by atoms with Crippen molar-refractivity contribution in [2.45, 2.75) is 51.0 Å². The van der Waals surface area contributed by atoms with Crippen molar-refractivity contribution in [3.05, 3.63) is 47.0 Å². The minimum absolute atomic E-state index is 0.0622. The highest BCUT2D eigenvalue weighted by Crippen LogP contribution is 2.49. The zero-order chi connectivity index (χ0) is 25.8. The van der Waals surface area contributed by atoms with Crippen molar-refractivity contribution in [1.82, 2.24) is 14.9 Å². The number of nitrogens with zero attached hydrogens (tertiary/aromatic N) is 4. The average molecular weight is 531 g/mol. The summed E-state index contributed by atoms with van der Waals surface area (Å²) in [7, 11) is 1.80. The van der Waals surface area contributed by atoms with Crippen LogP contribution in [0.4, 0.5) is 10.3 Å². The maximum Gasteiger partial charge on any atom is 0.227 e. The van der Waals surface area contributed by atoms with Crippen molar-refractivity contribution < 1.29 is 18.7 Å². The predicted molar refractivity (Wildman–Crippen MR) is 140 cm³/mol. The maximum atomic E-state index is 14.7. The summed E-state index contributed by atoms with van der Waals surface area (Å²) in [5.41, 5.74) is 0.411. The van der Waals surface area contributed by atoms with Gasteiger partial charge in [-0.05, 0) is 67.9 Å². The van der Waals surface area contributed by atoms with Crippen LogP contribution in [-0.2, 0) is 16.0 Å². The summed E-state index contributed by atoms with van der Waals surface area (Å²) in [6, 6.07) is 5.04. The molecule has 1 aromatic carbocycles. The summed E-state index contributed by atoms with van der Waals surface area (Å²) in [5, 5.41) is 0.560. The fraction of sp³-hybridized carbons (Fsp3) is 0.607. The summed E-state index contributed by atoms with van der Waals surface area (Å²) in [5.74, 6) is 3.03. The van der Waals surface area contributed by atoms with Crippen LogP contribution in [0.15, 0.2) is 30.6 Å². The summed E-state index contributed by atoms with van der Waals surface area (Å²) < 4.78 is 25.9. The Morgan fingerprint density at radius 1 is 1.19 bits per heavy atom. The Morgan fingerprint density at radius 2 is 1.92 bits per heavy atom. The van der Waals surface area contributed by atoms with Gasteiger partial charge in [-0.3, -0.25) is 4.79 Å². The number of likely N-dealkylation sites (N-methyl/N-ethyl adjacent to an activating group) is 1. The van der Waals surface area contributed by atoms with Crippen molar-refractivity contribution in [2.24, 2.45) is 17.8 Å². The Bertz CT molecular complexity index is 1060. The molecular formula is C28H36ClFN4O3. The van der Waals surface area contributed by atoms with Crippen LogP contribution in [0.5, 0.6) is 5.75 Å². The monoisotopic (exact) mass is 530 g/mol. The van der Waals surface area contributed by atoms with E-state index in [9.17, 15) is 9.18 Å². The zero-order valence-corrected chi connectivity index (χ0v) is 22.2. The second-order valence-corrected chi connectivity index (χ2v) is 11.0. The first-order valence-electron chi connectivity index (χ1n) is 13.4. The molecule has 1 aromatic heterocycles. The Hall–Kier alpha value is -2.45. The van der Waals surface area contributed by atoms with E-state index >= 15 is 0 Å². The minimum Gasteiger partial charge on any atom is -0.493 e. The molecule has 2 aromatic rings. The highest BCUT2D eigenvalue weighted by molar-refractivity contribution is 6.30. The van der Waals surface area contributed by atoms with Crippen molar-refractivity contribution >= 4 is 23.5 Å². The number of hydrogen-bond donors (Lipinski definition) is 0. The van der Waals surface area contributed by atoms with Gasteiger partial charge in [0.15, 0.2) is 0 Å². The molecule has 37 heavy (non-hydrogen) atoms. The first-order chi connectivity index (χ1) is 18.0. The lowest BCUT2D eigenvalue weighted by Crippen LogP contribution is -2.41. The quantitative estimate of drug-likeness (QED) is 0.465. The fourth-order valence-corrected chi connectivity index (χ4v) is 5.93. The lowest BCUT2D eigenvalue weighted by Gasteiger charge is -2.32. The van der Waals surface area contributed by atoms with Crippen LogP contribution in [0.3, 0.4) is 0 Å². The van der Waals surface area contributed by atoms with Crippen LogP contribution in [0.1, 0.15) is 44.1 Å². The molecule has 5 rings (SSSR count). The molecule has 1 saturated carbocycles. The summed E-state index contributed by atoms with van der Waals surface area (Å²) in [4.78, 5) is 25.3. The van der Waals surface area contributed by atoms with E-state index in [1.54, 1.807) is 36.5 Å². The molecule has 1 aliphatic carbocycles. The second-order valence-electron chi connectivity index (χ2n) is 10.6. The molecule has 2 atom stereocenters. The number of rotatable bonds is 9. The lowest BCUT2D eigenvalue weighted by molar-refractivity contribution is -0.132. The molecule has 2 saturated heterocycles. The number of ether oxygens (including phenoxy) is 2. The van der Waals surface area contributed by atoms with E-state index in [0.29, 0.717) is 42.1 Å². The molecule has 0 N–H and O–H groups in total. The third kappa shape index (κ3) is 6.71. The van der Waals surface area contributed by atoms with E-state index in [1.807, 2.05) is 0 Å². The van der Waals surface area contributed by atoms with Gasteiger partial charge >= 0.3 is 0 Å². The molecule has 200 valence electrons. The summed E-state index contributed by atoms with van der Waals surface area (Å²) in [6.07, 6.45) is 9.58. The molecule has 1 amide bonds. The van der Waals surface area contributed by atoms with Crippen LogP contribution in [0, 0.1) is 23.6 Å². The fourth-order valence-electron chi connectivity index (χ4n) is 5.83. The standard InChI is InChI=1S/C28H36ClFN4O3/c1-33(23-7-11-36-12-8-23)27(35)15-21-2-3-24(16-26(21)30)37-13-6-20-14-25(20)19-4-9-34(10-5-19)28-31-17-22(29)18-32-28/h2-3,16-20,23,25H,4-15H2,1H3/t20-,25?/m1/s1. The van der Waals surface area contributed by atoms with E-state index in [0.717, 1.165) is 63.0 Å². The molecule has 3 fully saturated rings. The van der Waals surface area contributed by atoms with Crippen LogP contribution in [-0.4, -0.2) is 66.8 Å². The van der Waals surface area contributed by atoms with Crippen LogP contribution < -0.4 is 9.64 Å². The summed E-state index contributed by atoms with van der Waals surface area (Å²) >= 11 is 5.90. The largest absolute Gasteiger partial charge is 0.493 e. The molecule has 3 aliphatic rings. The first kappa shape index (κ1) is 26.2. The molecule has 2 aliphatic heterocycles. The number of halogens is 2. The van der Waals surface area contributed by atoms with Gasteiger partial charge in [0.2, 0.25) is 11.9 Å². The van der Waals surface area contributed by atoms with Crippen LogP contribution in [0.2, 0.25) is 5.02 Å². The molecule has 0 spiro atoms. The van der Waals surface area contributed by atoms with Gasteiger partial charge < -0.3 is 19.3 Å². The van der Waals surface area contributed by atoms with Crippen molar-refractivity contribution in [3.63, 3.8) is 0 Å². The number of hydrogen-bond acceptors (Lipinski definition) is 6. The lowest BCUT2D eigenvalue weighted by atomic mass is 9.90. The van der Waals surface area contributed by atoms with Gasteiger partial charge in [0.25, 0.3) is 0 Å². The van der Waals surface area contributed by atoms with E-state index in [1.165, 1.54) is 12.5 Å². The van der Waals surface area contributed by atoms with Crippen molar-refractivity contribution in [1.29, 1.82) is 0 Å². The molecule has 0 radical (unpaired) electrons. The number of aromatic nitrogens is 2. The smallest absolute Gasteiger partial charge is 0.227 e. The molecular weight excluding hydrogens is 495 g/mol. The van der Waals surface area contributed by atoms with Crippen molar-refractivity contribution in [3.8, 4) is 5.75 Å². The molecule has 3 heterocycles. The van der Waals surface area contributed by atoms with E-state index < -0.39 is 0 Å². The Labute approximate surface area is 223 Å². The van der Waals surface area contributed by atoms with Gasteiger partial charge in [-0.15, -0.1) is 0 Å². The maximum absolute atomic E-state index is 14.7. The molecule has 0 bridgehead atoms. The van der Waals surface area contributed by atoms with Gasteiger partial charge in [-0.2, -0.15) is 0 Å². The number of carbonyl (C=O) groups is 1. The van der Waals surface area contributed by atoms with Gasteiger partial charge in [-0.25, -0.2) is 14.4 Å². The first-order valence-corrected chi connectivity index (χ1v) is 13.8. The van der Waals surface area contributed by atoms with Crippen LogP contribution in [0.25, 0.3) is 0 Å². The van der Waals surface area contributed by atoms with Gasteiger partial charge in [-0.1, -0.05) is 17.7 Å². The SMILES string of the molecule is CN(C(=O)Cc1ccc(OCC[C@@H]2CC2C2CCN(c3ncc(Cl)cn3)CC2)cc1F)C1CCOCC1. The van der Waals surface area contributed by atoms with Gasteiger partial charge in [0, 0.05) is 45.5 Å². The second kappa shape index (κ2) is 11.9. The highest BCUT2D eigenvalue weighted by Gasteiger charge is 2.43. The van der Waals surface area contributed by atoms with Crippen LogP contribution >= 0.6 is 11.6 Å². The Morgan fingerprint density at radius 3 is 2.62 bits per heavy atom. The van der Waals surface area contributed by atoms with Gasteiger partial charge in [0.05, 0.1) is 30.4 Å². The topological polar surface area (TPSA) is 67.8 Å². The normalized spacial score (nSPS) is 22.6. The van der Waals surface area contributed by atoms with E-state index in [4.69, 9.17) is 21.1 Å². The number of benzene rings is 1. The highest BCUT2D eigenvalue weighted by atomic mass is 35.5. The molecule has 7 nitrogen and oxygen atoms in total. The number of carbonyl (C=O) groups excluding carboxylic acids is 1.